The lowest BCUT2D eigenvalue weighted by molar-refractivity contribution is 0.102. The van der Waals surface area contributed by atoms with Crippen LogP contribution in [-0.4, -0.2) is 30.8 Å². The molecule has 26 heavy (non-hydrogen) atoms. The van der Waals surface area contributed by atoms with Gasteiger partial charge in [-0.15, -0.1) is 0 Å². The van der Waals surface area contributed by atoms with Crippen LogP contribution in [0.1, 0.15) is 40.9 Å². The lowest BCUT2D eigenvalue weighted by atomic mass is 9.92. The molecule has 6 heteroatoms. The van der Waals surface area contributed by atoms with Gasteiger partial charge in [0.15, 0.2) is 0 Å². The topological polar surface area (TPSA) is 70.6 Å². The van der Waals surface area contributed by atoms with E-state index in [1.165, 1.54) is 5.56 Å². The van der Waals surface area contributed by atoms with Gasteiger partial charge in [-0.1, -0.05) is 6.07 Å². The zero-order valence-electron chi connectivity index (χ0n) is 14.7. The van der Waals surface area contributed by atoms with Crippen LogP contribution < -0.4 is 15.4 Å². The molecule has 0 saturated heterocycles. The van der Waals surface area contributed by atoms with Crippen molar-refractivity contribution in [2.45, 2.75) is 25.8 Å². The Balaban J connectivity index is 1.77. The Morgan fingerprint density at radius 2 is 2.19 bits per heavy atom. The minimum absolute atomic E-state index is 0.125. The maximum atomic E-state index is 12.6. The maximum absolute atomic E-state index is 12.6. The molecule has 3 N–H and O–H groups in total. The first-order valence-electron chi connectivity index (χ1n) is 8.83. The number of hydrogen-bond donors (Lipinski definition) is 3. The van der Waals surface area contributed by atoms with Crippen LogP contribution in [0.15, 0.2) is 40.9 Å². The van der Waals surface area contributed by atoms with Gasteiger partial charge in [0.25, 0.3) is 5.91 Å². The Kier molecular flexibility index (Phi) is 6.29. The van der Waals surface area contributed by atoms with Crippen molar-refractivity contribution < 1.29 is 14.6 Å². The highest BCUT2D eigenvalue weighted by Gasteiger charge is 2.20. The molecular formula is C20H23BrN2O3. The Hall–Kier alpha value is -1.89. The molecule has 1 unspecified atom stereocenters. The van der Waals surface area contributed by atoms with Crippen molar-refractivity contribution in [2.24, 2.45) is 0 Å². The highest BCUT2D eigenvalue weighted by atomic mass is 79.9. The molecule has 2 aromatic rings. The fraction of sp³-hybridized carbons (Fsp3) is 0.350. The normalized spacial score (nSPS) is 16.0. The second kappa shape index (κ2) is 8.66. The molecule has 1 aliphatic heterocycles. The molecular weight excluding hydrogens is 396 g/mol. The summed E-state index contributed by atoms with van der Waals surface area (Å²) in [6, 6.07) is 11.4. The predicted molar refractivity (Wildman–Crippen MR) is 106 cm³/mol. The number of ether oxygens (including phenoxy) is 1. The Bertz CT molecular complexity index is 795. The SMILES string of the molecule is CCOc1ccc(C(=O)Nc2ccc3c(c2)C(CCO)NCC3)cc1Br. The number of anilines is 1. The highest BCUT2D eigenvalue weighted by Crippen LogP contribution is 2.29. The van der Waals surface area contributed by atoms with E-state index in [9.17, 15) is 9.90 Å². The molecule has 0 aromatic heterocycles. The van der Waals surface area contributed by atoms with Gasteiger partial charge >= 0.3 is 0 Å². The van der Waals surface area contributed by atoms with E-state index in [4.69, 9.17) is 4.74 Å². The lowest BCUT2D eigenvalue weighted by Crippen LogP contribution is -2.30. The van der Waals surface area contributed by atoms with Crippen molar-refractivity contribution >= 4 is 27.5 Å². The number of nitrogens with one attached hydrogen (secondary N) is 2. The highest BCUT2D eigenvalue weighted by molar-refractivity contribution is 9.10. The number of aliphatic hydroxyl groups is 1. The molecule has 0 saturated carbocycles. The molecule has 3 rings (SSSR count). The van der Waals surface area contributed by atoms with E-state index in [2.05, 4.69) is 32.6 Å². The summed E-state index contributed by atoms with van der Waals surface area (Å²) in [6.07, 6.45) is 1.62. The summed E-state index contributed by atoms with van der Waals surface area (Å²) in [5.41, 5.74) is 3.73. The number of aliphatic hydroxyl groups excluding tert-OH is 1. The van der Waals surface area contributed by atoms with Crippen LogP contribution in [0.3, 0.4) is 0 Å². The molecule has 0 aliphatic carbocycles. The van der Waals surface area contributed by atoms with Gasteiger partial charge in [0, 0.05) is 23.9 Å². The summed E-state index contributed by atoms with van der Waals surface area (Å²) < 4.78 is 6.24. The number of hydrogen-bond acceptors (Lipinski definition) is 4. The summed E-state index contributed by atoms with van der Waals surface area (Å²) in [5, 5.41) is 15.6. The summed E-state index contributed by atoms with van der Waals surface area (Å²) in [6.45, 7) is 3.53. The number of fused-ring (bicyclic) bond motifs is 1. The Labute approximate surface area is 161 Å². The summed E-state index contributed by atoms with van der Waals surface area (Å²) >= 11 is 3.44. The number of halogens is 1. The van der Waals surface area contributed by atoms with E-state index >= 15 is 0 Å². The van der Waals surface area contributed by atoms with Crippen LogP contribution in [0.2, 0.25) is 0 Å². The standard InChI is InChI=1S/C20H23BrN2O3/c1-2-26-19-6-4-14(11-17(19)21)20(25)23-15-5-3-13-7-9-22-18(8-10-24)16(13)12-15/h3-6,11-12,18,22,24H,2,7-10H2,1H3,(H,23,25). The summed E-state index contributed by atoms with van der Waals surface area (Å²) in [4.78, 5) is 12.6. The van der Waals surface area contributed by atoms with Gasteiger partial charge in [-0.25, -0.2) is 0 Å². The minimum Gasteiger partial charge on any atom is -0.493 e. The molecule has 138 valence electrons. The van der Waals surface area contributed by atoms with Crippen molar-refractivity contribution in [3.8, 4) is 5.75 Å². The molecule has 1 amide bonds. The zero-order valence-corrected chi connectivity index (χ0v) is 16.3. The third-order valence-corrected chi connectivity index (χ3v) is 5.10. The molecule has 1 atom stereocenters. The average Bonchev–Trinajstić information content (AvgIpc) is 2.64. The van der Waals surface area contributed by atoms with E-state index < -0.39 is 0 Å². The number of rotatable bonds is 6. The van der Waals surface area contributed by atoms with Crippen LogP contribution in [-0.2, 0) is 6.42 Å². The second-order valence-corrected chi connectivity index (χ2v) is 7.07. The van der Waals surface area contributed by atoms with Gasteiger partial charge in [-0.3, -0.25) is 4.79 Å². The molecule has 0 spiro atoms. The third-order valence-electron chi connectivity index (χ3n) is 4.48. The van der Waals surface area contributed by atoms with E-state index in [0.29, 0.717) is 18.6 Å². The van der Waals surface area contributed by atoms with E-state index in [1.54, 1.807) is 18.2 Å². The quantitative estimate of drug-likeness (QED) is 0.669. The first-order chi connectivity index (χ1) is 12.6. The number of amides is 1. The monoisotopic (exact) mass is 418 g/mol. The minimum atomic E-state index is -0.170. The number of benzene rings is 2. The molecule has 0 radical (unpaired) electrons. The zero-order chi connectivity index (χ0) is 18.5. The van der Waals surface area contributed by atoms with E-state index in [-0.39, 0.29) is 18.6 Å². The second-order valence-electron chi connectivity index (χ2n) is 6.21. The summed E-state index contributed by atoms with van der Waals surface area (Å²) in [7, 11) is 0. The fourth-order valence-electron chi connectivity index (χ4n) is 3.22. The maximum Gasteiger partial charge on any atom is 0.255 e. The van der Waals surface area contributed by atoms with Gasteiger partial charge < -0.3 is 20.5 Å². The van der Waals surface area contributed by atoms with Crippen LogP contribution in [0.5, 0.6) is 5.75 Å². The first-order valence-corrected chi connectivity index (χ1v) is 9.62. The molecule has 1 heterocycles. The van der Waals surface area contributed by atoms with Gasteiger partial charge in [0.1, 0.15) is 5.75 Å². The average molecular weight is 419 g/mol. The summed E-state index contributed by atoms with van der Waals surface area (Å²) in [5.74, 6) is 0.548. The van der Waals surface area contributed by atoms with E-state index in [0.717, 1.165) is 34.4 Å². The largest absolute Gasteiger partial charge is 0.493 e. The molecule has 2 aromatic carbocycles. The molecule has 0 fully saturated rings. The van der Waals surface area contributed by atoms with Gasteiger partial charge in [-0.05, 0) is 83.7 Å². The van der Waals surface area contributed by atoms with Crippen LogP contribution in [0.4, 0.5) is 5.69 Å². The molecule has 0 bridgehead atoms. The third kappa shape index (κ3) is 4.26. The van der Waals surface area contributed by atoms with Crippen LogP contribution in [0.25, 0.3) is 0 Å². The van der Waals surface area contributed by atoms with Crippen LogP contribution in [0, 0.1) is 0 Å². The van der Waals surface area contributed by atoms with Crippen molar-refractivity contribution in [1.29, 1.82) is 0 Å². The van der Waals surface area contributed by atoms with Gasteiger partial charge in [-0.2, -0.15) is 0 Å². The number of carbonyl (C=O) groups excluding carboxylic acids is 1. The lowest BCUT2D eigenvalue weighted by Gasteiger charge is -2.27. The number of carbonyl (C=O) groups is 1. The van der Waals surface area contributed by atoms with E-state index in [1.807, 2.05) is 19.1 Å². The molecule has 1 aliphatic rings. The Morgan fingerprint density at radius 3 is 2.92 bits per heavy atom. The predicted octanol–water partition coefficient (Wildman–Crippen LogP) is 3.67. The fourth-order valence-corrected chi connectivity index (χ4v) is 3.71. The Morgan fingerprint density at radius 1 is 1.35 bits per heavy atom. The van der Waals surface area contributed by atoms with Crippen molar-refractivity contribution in [2.75, 3.05) is 25.1 Å². The van der Waals surface area contributed by atoms with Crippen LogP contribution >= 0.6 is 15.9 Å². The van der Waals surface area contributed by atoms with Gasteiger partial charge in [0.2, 0.25) is 0 Å². The van der Waals surface area contributed by atoms with Gasteiger partial charge in [0.05, 0.1) is 11.1 Å². The smallest absolute Gasteiger partial charge is 0.255 e. The first kappa shape index (κ1) is 18.9. The van der Waals surface area contributed by atoms with Crippen molar-refractivity contribution in [3.63, 3.8) is 0 Å². The van der Waals surface area contributed by atoms with Crippen molar-refractivity contribution in [1.82, 2.24) is 5.32 Å². The van der Waals surface area contributed by atoms with Crippen molar-refractivity contribution in [3.05, 3.63) is 57.6 Å². The molecule has 5 nitrogen and oxygen atoms in total.